The van der Waals surface area contributed by atoms with Crippen LogP contribution in [-0.2, 0) is 0 Å². The lowest BCUT2D eigenvalue weighted by molar-refractivity contribution is 0.102. The van der Waals surface area contributed by atoms with Crippen LogP contribution in [0.4, 0.5) is 5.69 Å². The second-order valence-corrected chi connectivity index (χ2v) is 5.72. The van der Waals surface area contributed by atoms with Crippen molar-refractivity contribution in [1.82, 2.24) is 0 Å². The summed E-state index contributed by atoms with van der Waals surface area (Å²) in [5.74, 6) is 0.528. The van der Waals surface area contributed by atoms with E-state index < -0.39 is 0 Å². The van der Waals surface area contributed by atoms with Crippen LogP contribution in [0.1, 0.15) is 28.4 Å². The van der Waals surface area contributed by atoms with Crippen molar-refractivity contribution in [3.05, 3.63) is 57.6 Å². The maximum Gasteiger partial charge on any atom is 0.256 e. The number of anilines is 1. The summed E-state index contributed by atoms with van der Waals surface area (Å²) in [5, 5.41) is 2.91. The van der Waals surface area contributed by atoms with Crippen molar-refractivity contribution in [3.63, 3.8) is 0 Å². The van der Waals surface area contributed by atoms with Gasteiger partial charge in [-0.3, -0.25) is 4.79 Å². The zero-order valence-electron chi connectivity index (χ0n) is 12.4. The molecular weight excluding hydrogens is 330 g/mol. The van der Waals surface area contributed by atoms with Gasteiger partial charge >= 0.3 is 0 Å². The molecule has 21 heavy (non-hydrogen) atoms. The molecule has 4 heteroatoms. The summed E-state index contributed by atoms with van der Waals surface area (Å²) < 4.78 is 6.36. The first kappa shape index (κ1) is 15.6. The van der Waals surface area contributed by atoms with Crippen LogP contribution in [0.5, 0.6) is 5.75 Å². The van der Waals surface area contributed by atoms with Crippen molar-refractivity contribution >= 4 is 27.5 Å². The zero-order chi connectivity index (χ0) is 15.4. The maximum absolute atomic E-state index is 12.4. The highest BCUT2D eigenvalue weighted by Crippen LogP contribution is 2.27. The topological polar surface area (TPSA) is 38.3 Å². The van der Waals surface area contributed by atoms with Gasteiger partial charge in [0.25, 0.3) is 5.91 Å². The van der Waals surface area contributed by atoms with Gasteiger partial charge in [0.05, 0.1) is 17.9 Å². The fourth-order valence-corrected chi connectivity index (χ4v) is 2.67. The average Bonchev–Trinajstić information content (AvgIpc) is 2.42. The van der Waals surface area contributed by atoms with Crippen molar-refractivity contribution in [3.8, 4) is 5.75 Å². The molecule has 0 aromatic heterocycles. The summed E-state index contributed by atoms with van der Waals surface area (Å²) in [7, 11) is 0. The monoisotopic (exact) mass is 347 g/mol. The molecule has 0 aliphatic heterocycles. The smallest absolute Gasteiger partial charge is 0.256 e. The molecule has 0 aliphatic rings. The molecule has 0 aliphatic carbocycles. The highest BCUT2D eigenvalue weighted by Gasteiger charge is 2.13. The number of aryl methyl sites for hydroxylation is 2. The molecule has 0 bridgehead atoms. The molecule has 0 fully saturated rings. The molecule has 0 atom stereocenters. The van der Waals surface area contributed by atoms with Crippen molar-refractivity contribution < 1.29 is 9.53 Å². The van der Waals surface area contributed by atoms with Gasteiger partial charge in [0, 0.05) is 4.47 Å². The first-order valence-corrected chi connectivity index (χ1v) is 7.61. The number of carbonyl (C=O) groups excluding carboxylic acids is 1. The fraction of sp³-hybridized carbons (Fsp3) is 0.235. The van der Waals surface area contributed by atoms with Gasteiger partial charge in [0.1, 0.15) is 5.75 Å². The quantitative estimate of drug-likeness (QED) is 0.868. The molecule has 1 N–H and O–H groups in total. The Morgan fingerprint density at radius 2 is 1.81 bits per heavy atom. The van der Waals surface area contributed by atoms with E-state index in [4.69, 9.17) is 4.74 Å². The van der Waals surface area contributed by atoms with Gasteiger partial charge in [0.15, 0.2) is 0 Å². The lowest BCUT2D eigenvalue weighted by Gasteiger charge is -2.13. The van der Waals surface area contributed by atoms with E-state index in [1.807, 2.05) is 57.2 Å². The lowest BCUT2D eigenvalue weighted by atomic mass is 10.1. The van der Waals surface area contributed by atoms with Gasteiger partial charge in [-0.15, -0.1) is 0 Å². The normalized spacial score (nSPS) is 10.3. The number of carbonyl (C=O) groups is 1. The Labute approximate surface area is 133 Å². The molecule has 0 saturated heterocycles. The van der Waals surface area contributed by atoms with E-state index in [0.29, 0.717) is 23.6 Å². The molecule has 110 valence electrons. The molecule has 0 unspecified atom stereocenters. The number of hydrogen-bond acceptors (Lipinski definition) is 2. The lowest BCUT2D eigenvalue weighted by Crippen LogP contribution is -2.13. The molecule has 0 saturated carbocycles. The van der Waals surface area contributed by atoms with Gasteiger partial charge in [-0.1, -0.05) is 12.1 Å². The summed E-state index contributed by atoms with van der Waals surface area (Å²) in [6.07, 6.45) is 0. The van der Waals surface area contributed by atoms with Crippen molar-refractivity contribution in [2.75, 3.05) is 11.9 Å². The van der Waals surface area contributed by atoms with Crippen LogP contribution < -0.4 is 10.1 Å². The summed E-state index contributed by atoms with van der Waals surface area (Å²) in [5.41, 5.74) is 3.47. The van der Waals surface area contributed by atoms with Crippen molar-refractivity contribution in [1.29, 1.82) is 0 Å². The first-order valence-electron chi connectivity index (χ1n) is 6.82. The zero-order valence-corrected chi connectivity index (χ0v) is 14.0. The number of ether oxygens (including phenoxy) is 1. The second kappa shape index (κ2) is 6.76. The molecule has 2 aromatic carbocycles. The second-order valence-electron chi connectivity index (χ2n) is 4.87. The predicted molar refractivity (Wildman–Crippen MR) is 89.2 cm³/mol. The number of rotatable bonds is 4. The highest BCUT2D eigenvalue weighted by atomic mass is 79.9. The third-order valence-corrected chi connectivity index (χ3v) is 3.71. The molecule has 0 radical (unpaired) electrons. The van der Waals surface area contributed by atoms with E-state index in [9.17, 15) is 4.79 Å². The molecular formula is C17H18BrNO2. The maximum atomic E-state index is 12.4. The Morgan fingerprint density at radius 1 is 1.14 bits per heavy atom. The number of halogens is 1. The van der Waals surface area contributed by atoms with E-state index >= 15 is 0 Å². The van der Waals surface area contributed by atoms with Gasteiger partial charge in [0.2, 0.25) is 0 Å². The Balaban J connectivity index is 2.27. The van der Waals surface area contributed by atoms with Crippen LogP contribution >= 0.6 is 15.9 Å². The summed E-state index contributed by atoms with van der Waals surface area (Å²) in [6, 6.07) is 11.4. The van der Waals surface area contributed by atoms with Crippen LogP contribution in [0.25, 0.3) is 0 Å². The molecule has 1 amide bonds. The molecule has 0 spiro atoms. The van der Waals surface area contributed by atoms with Crippen LogP contribution in [-0.4, -0.2) is 12.5 Å². The van der Waals surface area contributed by atoms with Crippen molar-refractivity contribution in [2.45, 2.75) is 20.8 Å². The minimum Gasteiger partial charge on any atom is -0.492 e. The summed E-state index contributed by atoms with van der Waals surface area (Å²) in [4.78, 5) is 12.4. The minimum absolute atomic E-state index is 0.160. The summed E-state index contributed by atoms with van der Waals surface area (Å²) >= 11 is 3.43. The third kappa shape index (κ3) is 3.85. The van der Waals surface area contributed by atoms with Crippen LogP contribution in [0.2, 0.25) is 0 Å². The van der Waals surface area contributed by atoms with Gasteiger partial charge in [-0.25, -0.2) is 0 Å². The summed E-state index contributed by atoms with van der Waals surface area (Å²) in [6.45, 7) is 6.45. The largest absolute Gasteiger partial charge is 0.492 e. The Morgan fingerprint density at radius 3 is 2.48 bits per heavy atom. The number of benzene rings is 2. The van der Waals surface area contributed by atoms with E-state index in [1.54, 1.807) is 0 Å². The highest BCUT2D eigenvalue weighted by molar-refractivity contribution is 9.10. The Bertz CT molecular complexity index is 668. The average molecular weight is 348 g/mol. The van der Waals surface area contributed by atoms with Crippen molar-refractivity contribution in [2.24, 2.45) is 0 Å². The molecule has 3 nitrogen and oxygen atoms in total. The van der Waals surface area contributed by atoms with Gasteiger partial charge < -0.3 is 10.1 Å². The Kier molecular flexibility index (Phi) is 5.02. The van der Waals surface area contributed by atoms with E-state index in [-0.39, 0.29) is 5.91 Å². The number of amides is 1. The van der Waals surface area contributed by atoms with E-state index in [2.05, 4.69) is 21.2 Å². The predicted octanol–water partition coefficient (Wildman–Crippen LogP) is 4.72. The Hall–Kier alpha value is -1.81. The van der Waals surface area contributed by atoms with Crippen LogP contribution in [0.3, 0.4) is 0 Å². The van der Waals surface area contributed by atoms with E-state index in [1.165, 1.54) is 0 Å². The minimum atomic E-state index is -0.160. The number of hydrogen-bond donors (Lipinski definition) is 1. The molecule has 0 heterocycles. The molecule has 2 rings (SSSR count). The first-order chi connectivity index (χ1) is 10.0. The number of nitrogens with one attached hydrogen (secondary N) is 1. The SMILES string of the molecule is CCOc1cc(C)ccc1NC(=O)c1ccc(C)cc1Br. The third-order valence-electron chi connectivity index (χ3n) is 3.05. The van der Waals surface area contributed by atoms with Crippen LogP contribution in [0, 0.1) is 13.8 Å². The van der Waals surface area contributed by atoms with Crippen LogP contribution in [0.15, 0.2) is 40.9 Å². The van der Waals surface area contributed by atoms with Gasteiger partial charge in [-0.05, 0) is 72.1 Å². The molecule has 2 aromatic rings. The fourth-order valence-electron chi connectivity index (χ4n) is 2.00. The van der Waals surface area contributed by atoms with E-state index in [0.717, 1.165) is 15.6 Å². The van der Waals surface area contributed by atoms with Gasteiger partial charge in [-0.2, -0.15) is 0 Å². The standard InChI is InChI=1S/C17H18BrNO2/c1-4-21-16-10-12(3)6-8-15(16)19-17(20)13-7-5-11(2)9-14(13)18/h5-10H,4H2,1-3H3,(H,19,20).